The molecule has 2 N–H and O–H groups in total. The molecule has 0 unspecified atom stereocenters. The number of methoxy groups -OCH3 is 1. The third kappa shape index (κ3) is 7.83. The smallest absolute Gasteiger partial charge is 0.341 e. The van der Waals surface area contributed by atoms with Gasteiger partial charge in [-0.05, 0) is 55.0 Å². The van der Waals surface area contributed by atoms with Gasteiger partial charge in [0.2, 0.25) is 0 Å². The van der Waals surface area contributed by atoms with Gasteiger partial charge in [-0.15, -0.1) is 0 Å². The van der Waals surface area contributed by atoms with E-state index in [1.807, 2.05) is 0 Å². The van der Waals surface area contributed by atoms with Crippen molar-refractivity contribution in [2.24, 2.45) is 0 Å². The van der Waals surface area contributed by atoms with Crippen LogP contribution in [-0.4, -0.2) is 53.3 Å². The van der Waals surface area contributed by atoms with Gasteiger partial charge in [0.05, 0.1) is 19.0 Å². The number of aromatic nitrogens is 1. The third-order valence-corrected chi connectivity index (χ3v) is 5.43. The highest BCUT2D eigenvalue weighted by Gasteiger charge is 2.22. The lowest BCUT2D eigenvalue weighted by molar-refractivity contribution is -0.154. The maximum Gasteiger partial charge on any atom is 0.341 e. The van der Waals surface area contributed by atoms with Gasteiger partial charge >= 0.3 is 11.9 Å². The van der Waals surface area contributed by atoms with Gasteiger partial charge in [0.1, 0.15) is 5.75 Å². The molecule has 0 spiro atoms. The van der Waals surface area contributed by atoms with Crippen molar-refractivity contribution in [3.05, 3.63) is 64.3 Å². The molecule has 1 heterocycles. The number of rotatable bonds is 8. The monoisotopic (exact) mass is 516 g/mol. The summed E-state index contributed by atoms with van der Waals surface area (Å²) in [4.78, 5) is 35.9. The summed E-state index contributed by atoms with van der Waals surface area (Å²) in [6.45, 7) is 9.61. The Morgan fingerprint density at radius 1 is 1.03 bits per heavy atom. The number of carbonyl (C=O) groups excluding carboxylic acids is 2. The van der Waals surface area contributed by atoms with Crippen LogP contribution in [0.5, 0.6) is 5.75 Å². The molecule has 0 radical (unpaired) electrons. The van der Waals surface area contributed by atoms with Gasteiger partial charge in [-0.25, -0.2) is 4.79 Å². The van der Waals surface area contributed by atoms with Crippen molar-refractivity contribution < 1.29 is 29.0 Å². The molecule has 3 rings (SSSR count). The van der Waals surface area contributed by atoms with Gasteiger partial charge in [-0.2, -0.15) is 0 Å². The number of nitrogens with one attached hydrogen (secondary N) is 1. The number of halogens is 1. The van der Waals surface area contributed by atoms with Gasteiger partial charge in [-0.1, -0.05) is 39.3 Å². The van der Waals surface area contributed by atoms with E-state index in [2.05, 4.69) is 33.0 Å². The minimum atomic E-state index is -1.24. The van der Waals surface area contributed by atoms with Crippen LogP contribution in [0.15, 0.2) is 42.5 Å². The Morgan fingerprint density at radius 2 is 1.64 bits per heavy atom. The Hall–Kier alpha value is -3.36. The maximum atomic E-state index is 13.2. The number of nitrogens with zero attached hydrogens (tertiary/aromatic N) is 1. The normalized spacial score (nSPS) is 10.8. The lowest BCUT2D eigenvalue weighted by atomic mass is 10.1. The summed E-state index contributed by atoms with van der Waals surface area (Å²) in [5, 5.41) is 13.2. The summed E-state index contributed by atoms with van der Waals surface area (Å²) in [6.07, 6.45) is -0.177. The van der Waals surface area contributed by atoms with Crippen LogP contribution < -0.4 is 10.1 Å². The molecule has 0 saturated heterocycles. The van der Waals surface area contributed by atoms with Crippen LogP contribution in [0.1, 0.15) is 49.3 Å². The van der Waals surface area contributed by atoms with Crippen LogP contribution in [0.4, 0.5) is 0 Å². The topological polar surface area (TPSA) is 107 Å². The second-order valence-electron chi connectivity index (χ2n) is 8.80. The van der Waals surface area contributed by atoms with E-state index in [4.69, 9.17) is 26.2 Å². The molecule has 8 nitrogen and oxygen atoms in total. The molecule has 0 aliphatic carbocycles. The Morgan fingerprint density at radius 3 is 2.14 bits per heavy atom. The molecule has 0 aliphatic heterocycles. The van der Waals surface area contributed by atoms with Crippen LogP contribution >= 0.6 is 11.6 Å². The van der Waals surface area contributed by atoms with Gasteiger partial charge in [-0.3, -0.25) is 14.2 Å². The summed E-state index contributed by atoms with van der Waals surface area (Å²) in [5.74, 6) is -1.65. The van der Waals surface area contributed by atoms with Crippen LogP contribution in [0, 0.1) is 6.92 Å². The Balaban J connectivity index is 0.000000572. The number of carboxylic acid groups (broad SMARTS) is 1. The zero-order valence-corrected chi connectivity index (χ0v) is 22.2. The molecule has 36 heavy (non-hydrogen) atoms. The number of hydrogen-bond acceptors (Lipinski definition) is 6. The second-order valence-corrected chi connectivity index (χ2v) is 9.24. The first-order valence-electron chi connectivity index (χ1n) is 11.6. The average molecular weight is 517 g/mol. The predicted octanol–water partition coefficient (Wildman–Crippen LogP) is 4.86. The number of ether oxygens (including phenoxy) is 2. The zero-order valence-electron chi connectivity index (χ0n) is 21.4. The minimum Gasteiger partial charge on any atom is -0.497 e. The van der Waals surface area contributed by atoms with E-state index >= 15 is 0 Å². The van der Waals surface area contributed by atoms with Crippen LogP contribution in [-0.2, 0) is 20.7 Å². The third-order valence-electron chi connectivity index (χ3n) is 5.18. The number of esters is 1. The van der Waals surface area contributed by atoms with Crippen molar-refractivity contribution in [3.8, 4) is 5.75 Å². The van der Waals surface area contributed by atoms with E-state index < -0.39 is 18.5 Å². The van der Waals surface area contributed by atoms with Crippen molar-refractivity contribution in [2.75, 3.05) is 13.7 Å². The summed E-state index contributed by atoms with van der Waals surface area (Å²) in [7, 11) is 1.52. The van der Waals surface area contributed by atoms with Crippen molar-refractivity contribution in [2.45, 2.75) is 53.1 Å². The van der Waals surface area contributed by atoms with Gasteiger partial charge in [0, 0.05) is 33.7 Å². The van der Waals surface area contributed by atoms with Gasteiger partial charge in [0.25, 0.3) is 5.91 Å². The Labute approximate surface area is 216 Å². The highest BCUT2D eigenvalue weighted by Crippen LogP contribution is 2.31. The van der Waals surface area contributed by atoms with E-state index in [9.17, 15) is 14.4 Å². The molecule has 0 fully saturated rings. The summed E-state index contributed by atoms with van der Waals surface area (Å²) >= 11 is 5.91. The highest BCUT2D eigenvalue weighted by molar-refractivity contribution is 6.30. The molecule has 9 heteroatoms. The molecule has 1 aromatic heterocycles. The highest BCUT2D eigenvalue weighted by atomic mass is 35.5. The van der Waals surface area contributed by atoms with Crippen LogP contribution in [0.25, 0.3) is 10.9 Å². The molecular weight excluding hydrogens is 484 g/mol. The first-order chi connectivity index (χ1) is 16.9. The van der Waals surface area contributed by atoms with Crippen LogP contribution in [0.3, 0.4) is 0 Å². The maximum absolute atomic E-state index is 13.2. The zero-order chi connectivity index (χ0) is 27.0. The van der Waals surface area contributed by atoms with Crippen molar-refractivity contribution in [1.82, 2.24) is 9.88 Å². The number of hydrogen-bond donors (Lipinski definition) is 2. The quantitative estimate of drug-likeness (QED) is 0.411. The number of aliphatic carboxylic acids is 1. The van der Waals surface area contributed by atoms with E-state index in [-0.39, 0.29) is 12.3 Å². The lowest BCUT2D eigenvalue weighted by Crippen LogP contribution is -2.29. The fourth-order valence-corrected chi connectivity index (χ4v) is 3.93. The molecular formula is C27H33ClN2O6. The van der Waals surface area contributed by atoms with Gasteiger partial charge in [0.15, 0.2) is 6.61 Å². The standard InChI is InChI=1S/C21H18ClNO6.C6H15N/c1-12-16(10-20(26)29-11-19(24)25)17-9-15(28-2)7-8-18(17)23(12)21(27)13-3-5-14(22)6-4-13;1-5(2)7-6(3)4/h3-9H,10-11H2,1-2H3,(H,24,25);5-7H,1-4H3. The number of fused-ring (bicyclic) bond motifs is 1. The molecule has 3 aromatic rings. The largest absolute Gasteiger partial charge is 0.497 e. The van der Waals surface area contributed by atoms with Gasteiger partial charge < -0.3 is 19.9 Å². The number of carbonyl (C=O) groups is 3. The predicted molar refractivity (Wildman–Crippen MR) is 140 cm³/mol. The SMILES string of the molecule is CC(C)NC(C)C.COc1ccc2c(c1)c(CC(=O)OCC(=O)O)c(C)n2C(=O)c1ccc(Cl)cc1. The summed E-state index contributed by atoms with van der Waals surface area (Å²) in [5.41, 5.74) is 2.16. The lowest BCUT2D eigenvalue weighted by Gasteiger charge is -2.10. The van der Waals surface area contributed by atoms with E-state index in [1.54, 1.807) is 49.4 Å². The fourth-order valence-electron chi connectivity index (χ4n) is 3.80. The van der Waals surface area contributed by atoms with E-state index in [0.29, 0.717) is 50.6 Å². The second kappa shape index (κ2) is 13.1. The average Bonchev–Trinajstić information content (AvgIpc) is 3.07. The number of benzene rings is 2. The van der Waals surface area contributed by atoms with Crippen molar-refractivity contribution in [3.63, 3.8) is 0 Å². The summed E-state index contributed by atoms with van der Waals surface area (Å²) < 4.78 is 11.5. The molecule has 0 saturated carbocycles. The van der Waals surface area contributed by atoms with Crippen molar-refractivity contribution >= 4 is 40.3 Å². The molecule has 2 aromatic carbocycles. The molecule has 194 valence electrons. The fraction of sp³-hybridized carbons (Fsp3) is 0.370. The van der Waals surface area contributed by atoms with Crippen LogP contribution in [0.2, 0.25) is 5.02 Å². The first kappa shape index (κ1) is 28.9. The van der Waals surface area contributed by atoms with E-state index in [0.717, 1.165) is 0 Å². The van der Waals surface area contributed by atoms with Crippen molar-refractivity contribution in [1.29, 1.82) is 0 Å². The summed E-state index contributed by atoms with van der Waals surface area (Å²) in [6, 6.07) is 12.9. The minimum absolute atomic E-state index is 0.177. The molecule has 0 atom stereocenters. The molecule has 0 bridgehead atoms. The number of carboxylic acids is 1. The molecule has 0 amide bonds. The Kier molecular flexibility index (Phi) is 10.5. The molecule has 0 aliphatic rings. The Bertz CT molecular complexity index is 1210. The first-order valence-corrected chi connectivity index (χ1v) is 11.9. The van der Waals surface area contributed by atoms with E-state index in [1.165, 1.54) is 11.7 Å².